The van der Waals surface area contributed by atoms with E-state index in [2.05, 4.69) is 0 Å². The number of carbonyl (C=O) groups is 1. The maximum atomic E-state index is 13.5. The number of hydrogen-bond donors (Lipinski definition) is 0. The van der Waals surface area contributed by atoms with Crippen molar-refractivity contribution in [2.75, 3.05) is 7.11 Å². The average Bonchev–Trinajstić information content (AvgIpc) is 2.69. The number of ketones is 1. The molecule has 0 saturated heterocycles. The largest absolute Gasteiger partial charge is 0.495 e. The van der Waals surface area contributed by atoms with Gasteiger partial charge in [0.05, 0.1) is 29.0 Å². The number of aromatic nitrogens is 2. The van der Waals surface area contributed by atoms with Gasteiger partial charge in [-0.1, -0.05) is 35.9 Å². The fourth-order valence-electron chi connectivity index (χ4n) is 3.61. The molecule has 1 atom stereocenters. The highest BCUT2D eigenvalue weighted by Gasteiger charge is 2.26. The first-order valence-electron chi connectivity index (χ1n) is 9.54. The van der Waals surface area contributed by atoms with Crippen LogP contribution in [0.15, 0.2) is 46.3 Å². The third-order valence-electron chi connectivity index (χ3n) is 5.12. The van der Waals surface area contributed by atoms with E-state index in [9.17, 15) is 9.59 Å². The van der Waals surface area contributed by atoms with Crippen molar-refractivity contribution in [3.05, 3.63) is 57.3 Å². The molecule has 1 aliphatic carbocycles. The van der Waals surface area contributed by atoms with Gasteiger partial charge in [-0.15, -0.1) is 0 Å². The second-order valence-electron chi connectivity index (χ2n) is 7.19. The lowest BCUT2D eigenvalue weighted by Gasteiger charge is -2.22. The van der Waals surface area contributed by atoms with Crippen molar-refractivity contribution >= 4 is 40.0 Å². The van der Waals surface area contributed by atoms with E-state index in [1.807, 2.05) is 25.1 Å². The second kappa shape index (κ2) is 8.20. The molecule has 0 radical (unpaired) electrons. The Bertz CT molecular complexity index is 1160. The molecule has 1 aliphatic rings. The Hall–Kier alpha value is -2.31. The second-order valence-corrected chi connectivity index (χ2v) is 8.80. The number of rotatable bonds is 4. The van der Waals surface area contributed by atoms with E-state index in [-0.39, 0.29) is 16.6 Å². The SMILES string of the molecule is COc1ccc(C)cc1-n1c(SC2CCCCC2=O)nc2cc(Cl)ccc2c1=O. The molecule has 1 heterocycles. The van der Waals surface area contributed by atoms with Crippen molar-refractivity contribution < 1.29 is 9.53 Å². The van der Waals surface area contributed by atoms with Crippen LogP contribution in [-0.4, -0.2) is 27.7 Å². The number of ether oxygens (including phenoxy) is 1. The van der Waals surface area contributed by atoms with E-state index in [4.69, 9.17) is 21.3 Å². The number of Topliss-reactive ketones (excluding diaryl/α,β-unsaturated/α-hetero) is 1. The number of halogens is 1. The summed E-state index contributed by atoms with van der Waals surface area (Å²) in [6.45, 7) is 1.96. The Morgan fingerprint density at radius 1 is 1.17 bits per heavy atom. The first-order valence-corrected chi connectivity index (χ1v) is 10.8. The molecule has 2 aromatic carbocycles. The standard InChI is InChI=1S/C22H21ClN2O3S/c1-13-7-10-19(28-2)17(11-13)25-21(27)15-9-8-14(23)12-16(15)24-22(25)29-20-6-4-3-5-18(20)26/h7-12,20H,3-6H2,1-2H3. The Morgan fingerprint density at radius 2 is 2.00 bits per heavy atom. The first kappa shape index (κ1) is 20.0. The molecule has 1 fully saturated rings. The first-order chi connectivity index (χ1) is 14.0. The van der Waals surface area contributed by atoms with Crippen LogP contribution < -0.4 is 10.3 Å². The molecule has 5 nitrogen and oxygen atoms in total. The zero-order valence-electron chi connectivity index (χ0n) is 16.3. The average molecular weight is 429 g/mol. The smallest absolute Gasteiger partial charge is 0.266 e. The fraction of sp³-hybridized carbons (Fsp3) is 0.318. The van der Waals surface area contributed by atoms with Gasteiger partial charge in [-0.2, -0.15) is 0 Å². The predicted octanol–water partition coefficient (Wildman–Crippen LogP) is 4.96. The molecule has 4 rings (SSSR count). The van der Waals surface area contributed by atoms with Gasteiger partial charge in [0, 0.05) is 11.4 Å². The molecule has 3 aromatic rings. The lowest BCUT2D eigenvalue weighted by Crippen LogP contribution is -2.26. The number of thioether (sulfide) groups is 1. The Labute approximate surface area is 178 Å². The minimum absolute atomic E-state index is 0.200. The molecule has 1 saturated carbocycles. The zero-order chi connectivity index (χ0) is 20.5. The number of carbonyl (C=O) groups excluding carboxylic acids is 1. The number of benzene rings is 2. The lowest BCUT2D eigenvalue weighted by atomic mass is 9.99. The predicted molar refractivity (Wildman–Crippen MR) is 117 cm³/mol. The van der Waals surface area contributed by atoms with E-state index in [1.54, 1.807) is 29.9 Å². The molecular formula is C22H21ClN2O3S. The molecule has 0 N–H and O–H groups in total. The zero-order valence-corrected chi connectivity index (χ0v) is 17.8. The topological polar surface area (TPSA) is 61.2 Å². The van der Waals surface area contributed by atoms with Crippen LogP contribution in [0.2, 0.25) is 5.02 Å². The maximum absolute atomic E-state index is 13.5. The van der Waals surface area contributed by atoms with Crippen molar-refractivity contribution in [3.8, 4) is 11.4 Å². The summed E-state index contributed by atoms with van der Waals surface area (Å²) in [6.07, 6.45) is 3.29. The number of methoxy groups -OCH3 is 1. The van der Waals surface area contributed by atoms with E-state index in [0.717, 1.165) is 24.8 Å². The lowest BCUT2D eigenvalue weighted by molar-refractivity contribution is -0.119. The van der Waals surface area contributed by atoms with Gasteiger partial charge >= 0.3 is 0 Å². The Balaban J connectivity index is 1.97. The quantitative estimate of drug-likeness (QED) is 0.549. The summed E-state index contributed by atoms with van der Waals surface area (Å²) in [5.41, 5.74) is 1.93. The minimum atomic E-state index is -0.207. The Morgan fingerprint density at radius 3 is 2.76 bits per heavy atom. The van der Waals surface area contributed by atoms with Crippen LogP contribution in [0.1, 0.15) is 31.2 Å². The number of fused-ring (bicyclic) bond motifs is 1. The van der Waals surface area contributed by atoms with Gasteiger partial charge < -0.3 is 4.74 Å². The van der Waals surface area contributed by atoms with Gasteiger partial charge in [-0.25, -0.2) is 4.98 Å². The van der Waals surface area contributed by atoms with Crippen LogP contribution in [-0.2, 0) is 4.79 Å². The highest BCUT2D eigenvalue weighted by Crippen LogP contribution is 2.34. The fourth-order valence-corrected chi connectivity index (χ4v) is 5.00. The van der Waals surface area contributed by atoms with E-state index < -0.39 is 0 Å². The minimum Gasteiger partial charge on any atom is -0.495 e. The van der Waals surface area contributed by atoms with Crippen LogP contribution in [0.4, 0.5) is 0 Å². The monoisotopic (exact) mass is 428 g/mol. The van der Waals surface area contributed by atoms with Crippen molar-refractivity contribution in [1.29, 1.82) is 0 Å². The van der Waals surface area contributed by atoms with Crippen molar-refractivity contribution in [1.82, 2.24) is 9.55 Å². The van der Waals surface area contributed by atoms with Crippen LogP contribution in [0.3, 0.4) is 0 Å². The van der Waals surface area contributed by atoms with Crippen LogP contribution in [0, 0.1) is 6.92 Å². The molecular weight excluding hydrogens is 408 g/mol. The van der Waals surface area contributed by atoms with Gasteiger partial charge in [0.25, 0.3) is 5.56 Å². The van der Waals surface area contributed by atoms with Gasteiger partial charge in [-0.05, 0) is 55.7 Å². The molecule has 0 bridgehead atoms. The molecule has 1 unspecified atom stereocenters. The molecule has 150 valence electrons. The molecule has 0 amide bonds. The number of hydrogen-bond acceptors (Lipinski definition) is 5. The summed E-state index contributed by atoms with van der Waals surface area (Å²) in [7, 11) is 1.57. The number of aryl methyl sites for hydroxylation is 1. The van der Waals surface area contributed by atoms with E-state index >= 15 is 0 Å². The van der Waals surface area contributed by atoms with Gasteiger partial charge in [0.15, 0.2) is 5.16 Å². The third-order valence-corrected chi connectivity index (χ3v) is 6.63. The summed E-state index contributed by atoms with van der Waals surface area (Å²) in [5, 5.41) is 1.26. The molecule has 1 aromatic heterocycles. The molecule has 29 heavy (non-hydrogen) atoms. The van der Waals surface area contributed by atoms with Gasteiger partial charge in [0.2, 0.25) is 0 Å². The summed E-state index contributed by atoms with van der Waals surface area (Å²) in [4.78, 5) is 30.7. The van der Waals surface area contributed by atoms with E-state index in [0.29, 0.717) is 38.9 Å². The highest BCUT2D eigenvalue weighted by atomic mass is 35.5. The normalized spacial score (nSPS) is 16.9. The van der Waals surface area contributed by atoms with Crippen LogP contribution in [0.25, 0.3) is 16.6 Å². The van der Waals surface area contributed by atoms with Crippen molar-refractivity contribution in [2.45, 2.75) is 43.0 Å². The summed E-state index contributed by atoms with van der Waals surface area (Å²) in [5.74, 6) is 0.786. The van der Waals surface area contributed by atoms with Crippen molar-refractivity contribution in [3.63, 3.8) is 0 Å². The summed E-state index contributed by atoms with van der Waals surface area (Å²) < 4.78 is 7.09. The third kappa shape index (κ3) is 3.91. The van der Waals surface area contributed by atoms with Gasteiger partial charge in [0.1, 0.15) is 11.5 Å². The molecule has 7 heteroatoms. The maximum Gasteiger partial charge on any atom is 0.266 e. The molecule has 0 aliphatic heterocycles. The summed E-state index contributed by atoms with van der Waals surface area (Å²) >= 11 is 7.49. The van der Waals surface area contributed by atoms with Gasteiger partial charge in [-0.3, -0.25) is 14.2 Å². The van der Waals surface area contributed by atoms with Crippen LogP contribution >= 0.6 is 23.4 Å². The van der Waals surface area contributed by atoms with Crippen LogP contribution in [0.5, 0.6) is 5.75 Å². The summed E-state index contributed by atoms with van der Waals surface area (Å²) in [6, 6.07) is 10.7. The Kier molecular flexibility index (Phi) is 5.65. The van der Waals surface area contributed by atoms with E-state index in [1.165, 1.54) is 11.8 Å². The number of nitrogens with zero attached hydrogens (tertiary/aromatic N) is 2. The highest BCUT2D eigenvalue weighted by molar-refractivity contribution is 8.00. The molecule has 0 spiro atoms. The van der Waals surface area contributed by atoms with Crippen molar-refractivity contribution in [2.24, 2.45) is 0 Å².